The van der Waals surface area contributed by atoms with E-state index in [9.17, 15) is 4.79 Å². The van der Waals surface area contributed by atoms with E-state index in [1.165, 1.54) is 7.11 Å². The van der Waals surface area contributed by atoms with Crippen molar-refractivity contribution in [2.75, 3.05) is 12.8 Å². The highest BCUT2D eigenvalue weighted by molar-refractivity contribution is 5.92. The predicted molar refractivity (Wildman–Crippen MR) is 78.1 cm³/mol. The Balaban J connectivity index is 2.67. The highest BCUT2D eigenvalue weighted by Gasteiger charge is 2.21. The number of ether oxygens (including phenoxy) is 1. The first kappa shape index (κ1) is 14.1. The molecule has 0 saturated heterocycles. The van der Waals surface area contributed by atoms with E-state index in [0.29, 0.717) is 12.2 Å². The van der Waals surface area contributed by atoms with Gasteiger partial charge in [-0.15, -0.1) is 0 Å². The summed E-state index contributed by atoms with van der Waals surface area (Å²) in [7, 11) is 1.33. The van der Waals surface area contributed by atoms with Crippen LogP contribution in [0, 0.1) is 0 Å². The molecule has 1 heterocycles. The van der Waals surface area contributed by atoms with E-state index >= 15 is 0 Å². The van der Waals surface area contributed by atoms with Gasteiger partial charge in [0.05, 0.1) is 12.8 Å². The van der Waals surface area contributed by atoms with E-state index in [4.69, 9.17) is 10.5 Å². The Labute approximate surface area is 118 Å². The molecule has 0 unspecified atom stereocenters. The zero-order valence-corrected chi connectivity index (χ0v) is 12.0. The van der Waals surface area contributed by atoms with E-state index in [0.717, 1.165) is 23.5 Å². The van der Waals surface area contributed by atoms with Gasteiger partial charge in [-0.25, -0.2) is 9.78 Å². The minimum atomic E-state index is -0.509. The third-order valence-corrected chi connectivity index (χ3v) is 3.29. The predicted octanol–water partition coefficient (Wildman–Crippen LogP) is 2.37. The number of hydrogen-bond acceptors (Lipinski definition) is 4. The van der Waals surface area contributed by atoms with Gasteiger partial charge >= 0.3 is 5.97 Å². The number of nitrogens with zero attached hydrogens (tertiary/aromatic N) is 2. The molecule has 2 N–H and O–H groups in total. The third kappa shape index (κ3) is 2.27. The number of carbonyl (C=O) groups is 1. The monoisotopic (exact) mass is 273 g/mol. The fourth-order valence-electron chi connectivity index (χ4n) is 2.26. The summed E-state index contributed by atoms with van der Waals surface area (Å²) in [5.41, 5.74) is 8.41. The van der Waals surface area contributed by atoms with Crippen LogP contribution in [0.4, 0.5) is 5.82 Å². The number of rotatable bonds is 4. The number of esters is 1. The molecular weight excluding hydrogens is 254 g/mol. The zero-order chi connectivity index (χ0) is 14.7. The second-order valence-electron chi connectivity index (χ2n) is 4.42. The smallest absolute Gasteiger partial charge is 0.360 e. The Morgan fingerprint density at radius 3 is 2.60 bits per heavy atom. The molecule has 2 rings (SSSR count). The molecule has 0 spiro atoms. The quantitative estimate of drug-likeness (QED) is 0.868. The van der Waals surface area contributed by atoms with Gasteiger partial charge in [0.2, 0.25) is 0 Å². The number of hydrogen-bond donors (Lipinski definition) is 1. The lowest BCUT2D eigenvalue weighted by atomic mass is 10.1. The SMILES string of the molecule is CCc1ccccc1-n1c(CC)nc(C(=O)OC)c1N. The van der Waals surface area contributed by atoms with Crippen LogP contribution in [0.25, 0.3) is 5.69 Å². The molecule has 0 fully saturated rings. The average molecular weight is 273 g/mol. The number of nitrogens with two attached hydrogens (primary N) is 1. The molecule has 0 aliphatic carbocycles. The summed E-state index contributed by atoms with van der Waals surface area (Å²) in [6, 6.07) is 7.97. The van der Waals surface area contributed by atoms with Crippen LogP contribution in [0.1, 0.15) is 35.7 Å². The van der Waals surface area contributed by atoms with Gasteiger partial charge in [-0.2, -0.15) is 0 Å². The number of methoxy groups -OCH3 is 1. The number of anilines is 1. The van der Waals surface area contributed by atoms with Crippen LogP contribution in [0.3, 0.4) is 0 Å². The Bertz CT molecular complexity index is 632. The maximum absolute atomic E-state index is 11.7. The molecule has 5 nitrogen and oxygen atoms in total. The summed E-state index contributed by atoms with van der Waals surface area (Å²) >= 11 is 0. The standard InChI is InChI=1S/C15H19N3O2/c1-4-10-8-6-7-9-11(10)18-12(5-2)17-13(14(18)16)15(19)20-3/h6-9H,4-5,16H2,1-3H3. The Morgan fingerprint density at radius 1 is 1.30 bits per heavy atom. The largest absolute Gasteiger partial charge is 0.464 e. The summed E-state index contributed by atoms with van der Waals surface area (Å²) < 4.78 is 6.57. The Kier molecular flexibility index (Phi) is 4.08. The normalized spacial score (nSPS) is 10.6. The van der Waals surface area contributed by atoms with E-state index in [-0.39, 0.29) is 5.69 Å². The fraction of sp³-hybridized carbons (Fsp3) is 0.333. The summed E-state index contributed by atoms with van der Waals surface area (Å²) in [5.74, 6) is 0.573. The minimum absolute atomic E-state index is 0.176. The number of imidazole rings is 1. The van der Waals surface area contributed by atoms with Crippen LogP contribution >= 0.6 is 0 Å². The Hall–Kier alpha value is -2.30. The Morgan fingerprint density at radius 2 is 2.00 bits per heavy atom. The molecule has 0 aliphatic rings. The number of nitrogen functional groups attached to an aromatic ring is 1. The first-order valence-electron chi connectivity index (χ1n) is 6.67. The average Bonchev–Trinajstić information content (AvgIpc) is 2.83. The second kappa shape index (κ2) is 5.77. The van der Waals surface area contributed by atoms with Crippen molar-refractivity contribution in [1.29, 1.82) is 0 Å². The molecule has 0 saturated carbocycles. The first-order valence-corrected chi connectivity index (χ1v) is 6.67. The van der Waals surface area contributed by atoms with Crippen molar-refractivity contribution in [2.45, 2.75) is 26.7 Å². The van der Waals surface area contributed by atoms with E-state index < -0.39 is 5.97 Å². The number of carbonyl (C=O) groups excluding carboxylic acids is 1. The molecule has 1 aromatic heterocycles. The molecular formula is C15H19N3O2. The molecule has 5 heteroatoms. The van der Waals surface area contributed by atoms with Gasteiger partial charge in [0, 0.05) is 6.42 Å². The van der Waals surface area contributed by atoms with Gasteiger partial charge in [0.25, 0.3) is 0 Å². The molecule has 0 atom stereocenters. The van der Waals surface area contributed by atoms with Crippen molar-refractivity contribution in [3.05, 3.63) is 41.3 Å². The minimum Gasteiger partial charge on any atom is -0.464 e. The van der Waals surface area contributed by atoms with Crippen LogP contribution < -0.4 is 5.73 Å². The van der Waals surface area contributed by atoms with Crippen molar-refractivity contribution >= 4 is 11.8 Å². The molecule has 1 aromatic carbocycles. The van der Waals surface area contributed by atoms with Crippen LogP contribution in [-0.4, -0.2) is 22.6 Å². The van der Waals surface area contributed by atoms with Crippen molar-refractivity contribution in [2.24, 2.45) is 0 Å². The molecule has 0 radical (unpaired) electrons. The van der Waals surface area contributed by atoms with Gasteiger partial charge in [0.1, 0.15) is 11.6 Å². The van der Waals surface area contributed by atoms with E-state index in [1.54, 1.807) is 0 Å². The van der Waals surface area contributed by atoms with Crippen LogP contribution in [0.15, 0.2) is 24.3 Å². The highest BCUT2D eigenvalue weighted by Crippen LogP contribution is 2.24. The van der Waals surface area contributed by atoms with Crippen molar-refractivity contribution in [1.82, 2.24) is 9.55 Å². The van der Waals surface area contributed by atoms with Crippen LogP contribution in [0.5, 0.6) is 0 Å². The lowest BCUT2D eigenvalue weighted by Gasteiger charge is -2.13. The highest BCUT2D eigenvalue weighted by atomic mass is 16.5. The topological polar surface area (TPSA) is 70.1 Å². The van der Waals surface area contributed by atoms with Gasteiger partial charge in [-0.3, -0.25) is 4.57 Å². The van der Waals surface area contributed by atoms with E-state index in [2.05, 4.69) is 11.9 Å². The van der Waals surface area contributed by atoms with Crippen molar-refractivity contribution in [3.63, 3.8) is 0 Å². The van der Waals surface area contributed by atoms with Crippen molar-refractivity contribution in [3.8, 4) is 5.69 Å². The first-order chi connectivity index (χ1) is 9.63. The fourth-order valence-corrected chi connectivity index (χ4v) is 2.26. The van der Waals surface area contributed by atoms with Gasteiger partial charge < -0.3 is 10.5 Å². The molecule has 106 valence electrons. The van der Waals surface area contributed by atoms with Gasteiger partial charge in [-0.05, 0) is 18.1 Å². The maximum Gasteiger partial charge on any atom is 0.360 e. The molecule has 0 amide bonds. The third-order valence-electron chi connectivity index (χ3n) is 3.29. The zero-order valence-electron chi connectivity index (χ0n) is 12.0. The van der Waals surface area contributed by atoms with Gasteiger partial charge in [-0.1, -0.05) is 32.0 Å². The number of aryl methyl sites for hydroxylation is 2. The number of benzene rings is 1. The lowest BCUT2D eigenvalue weighted by Crippen LogP contribution is -2.09. The summed E-state index contributed by atoms with van der Waals surface area (Å²) in [4.78, 5) is 16.0. The molecule has 0 aliphatic heterocycles. The summed E-state index contributed by atoms with van der Waals surface area (Å²) in [6.07, 6.45) is 1.56. The summed E-state index contributed by atoms with van der Waals surface area (Å²) in [6.45, 7) is 4.06. The maximum atomic E-state index is 11.7. The van der Waals surface area contributed by atoms with Crippen LogP contribution in [-0.2, 0) is 17.6 Å². The second-order valence-corrected chi connectivity index (χ2v) is 4.42. The van der Waals surface area contributed by atoms with Crippen LogP contribution in [0.2, 0.25) is 0 Å². The molecule has 0 bridgehead atoms. The van der Waals surface area contributed by atoms with E-state index in [1.807, 2.05) is 35.8 Å². The number of para-hydroxylation sites is 1. The molecule has 20 heavy (non-hydrogen) atoms. The number of aromatic nitrogens is 2. The summed E-state index contributed by atoms with van der Waals surface area (Å²) in [5, 5.41) is 0. The van der Waals surface area contributed by atoms with Crippen molar-refractivity contribution < 1.29 is 9.53 Å². The lowest BCUT2D eigenvalue weighted by molar-refractivity contribution is 0.0596. The molecule has 2 aromatic rings. The van der Waals surface area contributed by atoms with Gasteiger partial charge in [0.15, 0.2) is 5.69 Å².